The molecule has 2 aliphatic heterocycles. The monoisotopic (exact) mass is 337 g/mol. The Kier molecular flexibility index (Phi) is 3.86. The number of rotatable bonds is 2. The van der Waals surface area contributed by atoms with E-state index in [1.54, 1.807) is 18.5 Å². The zero-order valence-electron chi connectivity index (χ0n) is 14.5. The highest BCUT2D eigenvalue weighted by Crippen LogP contribution is 2.40. The summed E-state index contributed by atoms with van der Waals surface area (Å²) in [4.78, 5) is 33.0. The number of carbonyl (C=O) groups excluding carboxylic acids is 2. The second-order valence-corrected chi connectivity index (χ2v) is 7.09. The molecule has 5 nitrogen and oxygen atoms in total. The van der Waals surface area contributed by atoms with Crippen molar-refractivity contribution in [1.29, 1.82) is 0 Å². The number of hydrogen-bond donors (Lipinski definition) is 1. The second-order valence-electron chi connectivity index (χ2n) is 7.09. The minimum Gasteiger partial charge on any atom is -0.367 e. The summed E-state index contributed by atoms with van der Waals surface area (Å²) in [5.41, 5.74) is 2.04. The Bertz CT molecular complexity index is 782. The van der Waals surface area contributed by atoms with E-state index < -0.39 is 5.54 Å². The van der Waals surface area contributed by atoms with Crippen molar-refractivity contribution in [3.05, 3.63) is 53.9 Å². The molecule has 1 aromatic carbocycles. The highest BCUT2D eigenvalue weighted by atomic mass is 16.2. The number of likely N-dealkylation sites (tertiary alicyclic amines) is 1. The van der Waals surface area contributed by atoms with Crippen LogP contribution in [0.5, 0.6) is 0 Å². The molecule has 1 unspecified atom stereocenters. The Morgan fingerprint density at radius 3 is 2.48 bits per heavy atom. The molecular weight excluding hydrogens is 314 g/mol. The zero-order valence-corrected chi connectivity index (χ0v) is 14.5. The van der Waals surface area contributed by atoms with Gasteiger partial charge in [0, 0.05) is 31.2 Å². The quantitative estimate of drug-likeness (QED) is 0.915. The molecule has 0 radical (unpaired) electrons. The summed E-state index contributed by atoms with van der Waals surface area (Å²) < 4.78 is 0. The van der Waals surface area contributed by atoms with E-state index in [-0.39, 0.29) is 11.8 Å². The standard InChI is InChI=1S/C20H23N3O2/c1-15-4-6-17(7-5-15)22-12-2-9-20(19(22)25)10-3-13-23(20)18(24)16-8-11-21-14-16/h4-8,11,14,21H,2-3,9-10,12-13H2,1H3. The SMILES string of the molecule is Cc1ccc(N2CCCC3(CCCN3C(=O)c3cc[nH]c3)C2=O)cc1. The smallest absolute Gasteiger partial charge is 0.256 e. The van der Waals surface area contributed by atoms with Gasteiger partial charge in [-0.3, -0.25) is 9.59 Å². The number of aromatic amines is 1. The van der Waals surface area contributed by atoms with Crippen LogP contribution in [0.2, 0.25) is 0 Å². The van der Waals surface area contributed by atoms with Crippen molar-refractivity contribution >= 4 is 17.5 Å². The molecule has 5 heteroatoms. The van der Waals surface area contributed by atoms with Gasteiger partial charge in [-0.1, -0.05) is 17.7 Å². The predicted molar refractivity (Wildman–Crippen MR) is 96.6 cm³/mol. The van der Waals surface area contributed by atoms with Crippen LogP contribution in [0.15, 0.2) is 42.7 Å². The fourth-order valence-corrected chi connectivity index (χ4v) is 4.23. The van der Waals surface area contributed by atoms with Crippen molar-refractivity contribution in [3.63, 3.8) is 0 Å². The van der Waals surface area contributed by atoms with Crippen molar-refractivity contribution in [1.82, 2.24) is 9.88 Å². The topological polar surface area (TPSA) is 56.4 Å². The molecule has 2 aromatic rings. The number of anilines is 1. The van der Waals surface area contributed by atoms with Gasteiger partial charge >= 0.3 is 0 Å². The van der Waals surface area contributed by atoms with Crippen molar-refractivity contribution in [2.24, 2.45) is 0 Å². The van der Waals surface area contributed by atoms with Crippen LogP contribution in [0.4, 0.5) is 5.69 Å². The number of amides is 2. The third-order valence-electron chi connectivity index (χ3n) is 5.54. The molecule has 4 rings (SSSR count). The van der Waals surface area contributed by atoms with Crippen LogP contribution < -0.4 is 4.90 Å². The predicted octanol–water partition coefficient (Wildman–Crippen LogP) is 3.12. The molecule has 0 saturated carbocycles. The number of aromatic nitrogens is 1. The van der Waals surface area contributed by atoms with Crippen molar-refractivity contribution in [2.45, 2.75) is 38.1 Å². The first-order valence-corrected chi connectivity index (χ1v) is 8.95. The number of nitrogens with one attached hydrogen (secondary N) is 1. The highest BCUT2D eigenvalue weighted by molar-refractivity contribution is 6.05. The number of hydrogen-bond acceptors (Lipinski definition) is 2. The van der Waals surface area contributed by atoms with Crippen LogP contribution in [0.1, 0.15) is 41.6 Å². The molecule has 130 valence electrons. The lowest BCUT2D eigenvalue weighted by Gasteiger charge is -2.44. The minimum atomic E-state index is -0.683. The maximum atomic E-state index is 13.4. The van der Waals surface area contributed by atoms with E-state index >= 15 is 0 Å². The first-order valence-electron chi connectivity index (χ1n) is 8.95. The zero-order chi connectivity index (χ0) is 17.4. The van der Waals surface area contributed by atoms with Crippen molar-refractivity contribution in [2.75, 3.05) is 18.0 Å². The molecule has 2 amide bonds. The van der Waals surface area contributed by atoms with Crippen LogP contribution in [-0.2, 0) is 4.79 Å². The molecule has 2 aliphatic rings. The first-order chi connectivity index (χ1) is 12.1. The van der Waals surface area contributed by atoms with E-state index in [4.69, 9.17) is 0 Å². The summed E-state index contributed by atoms with van der Waals surface area (Å²) >= 11 is 0. The average molecular weight is 337 g/mol. The van der Waals surface area contributed by atoms with Crippen LogP contribution in [0, 0.1) is 6.92 Å². The summed E-state index contributed by atoms with van der Waals surface area (Å²) in [5, 5.41) is 0. The Morgan fingerprint density at radius 1 is 1.08 bits per heavy atom. The molecule has 2 fully saturated rings. The third-order valence-corrected chi connectivity index (χ3v) is 5.54. The number of benzene rings is 1. The van der Waals surface area contributed by atoms with Gasteiger partial charge in [0.15, 0.2) is 0 Å². The van der Waals surface area contributed by atoms with E-state index in [9.17, 15) is 9.59 Å². The van der Waals surface area contributed by atoms with Crippen molar-refractivity contribution in [3.8, 4) is 0 Å². The number of H-pyrrole nitrogens is 1. The maximum Gasteiger partial charge on any atom is 0.256 e. The van der Waals surface area contributed by atoms with Gasteiger partial charge < -0.3 is 14.8 Å². The van der Waals surface area contributed by atoms with Gasteiger partial charge in [0.25, 0.3) is 11.8 Å². The molecule has 1 N–H and O–H groups in total. The lowest BCUT2D eigenvalue weighted by molar-refractivity contribution is -0.130. The molecule has 2 saturated heterocycles. The molecule has 1 atom stereocenters. The van der Waals surface area contributed by atoms with E-state index in [1.165, 1.54) is 5.56 Å². The Labute approximate surface area is 147 Å². The van der Waals surface area contributed by atoms with Crippen molar-refractivity contribution < 1.29 is 9.59 Å². The fraction of sp³-hybridized carbons (Fsp3) is 0.400. The van der Waals surface area contributed by atoms with Gasteiger partial charge in [-0.25, -0.2) is 0 Å². The second kappa shape index (κ2) is 6.06. The van der Waals surface area contributed by atoms with E-state index in [0.717, 1.165) is 37.9 Å². The number of nitrogens with zero attached hydrogens (tertiary/aromatic N) is 2. The Balaban J connectivity index is 1.66. The number of carbonyl (C=O) groups is 2. The summed E-state index contributed by atoms with van der Waals surface area (Å²) in [7, 11) is 0. The van der Waals surface area contributed by atoms with Gasteiger partial charge in [0.2, 0.25) is 0 Å². The van der Waals surface area contributed by atoms with Gasteiger partial charge in [-0.15, -0.1) is 0 Å². The van der Waals surface area contributed by atoms with Crippen LogP contribution >= 0.6 is 0 Å². The molecule has 1 spiro atoms. The molecular formula is C20H23N3O2. The van der Waals surface area contributed by atoms with Crippen LogP contribution in [-0.4, -0.2) is 40.3 Å². The van der Waals surface area contributed by atoms with E-state index in [1.807, 2.05) is 41.0 Å². The van der Waals surface area contributed by atoms with Crippen LogP contribution in [0.3, 0.4) is 0 Å². The lowest BCUT2D eigenvalue weighted by atomic mass is 9.84. The first kappa shape index (κ1) is 15.9. The minimum absolute atomic E-state index is 0.0437. The van der Waals surface area contributed by atoms with Gasteiger partial charge in [0.05, 0.1) is 5.56 Å². The normalized spacial score (nSPS) is 23.5. The Hall–Kier alpha value is -2.56. The Morgan fingerprint density at radius 2 is 1.80 bits per heavy atom. The summed E-state index contributed by atoms with van der Waals surface area (Å²) in [5.74, 6) is 0.0295. The molecule has 25 heavy (non-hydrogen) atoms. The number of aryl methyl sites for hydroxylation is 1. The third kappa shape index (κ3) is 2.54. The molecule has 0 aliphatic carbocycles. The van der Waals surface area contributed by atoms with Gasteiger partial charge in [-0.2, -0.15) is 0 Å². The summed E-state index contributed by atoms with van der Waals surface area (Å²) in [6.07, 6.45) is 6.76. The molecule has 0 bridgehead atoms. The lowest BCUT2D eigenvalue weighted by Crippen LogP contribution is -2.61. The molecule has 1 aromatic heterocycles. The maximum absolute atomic E-state index is 13.4. The van der Waals surface area contributed by atoms with Gasteiger partial charge in [-0.05, 0) is 50.8 Å². The average Bonchev–Trinajstić information content (AvgIpc) is 3.29. The number of piperidine rings is 1. The largest absolute Gasteiger partial charge is 0.367 e. The highest BCUT2D eigenvalue weighted by Gasteiger charge is 2.53. The molecule has 3 heterocycles. The van der Waals surface area contributed by atoms with E-state index in [0.29, 0.717) is 12.1 Å². The van der Waals surface area contributed by atoms with Crippen LogP contribution in [0.25, 0.3) is 0 Å². The fourth-order valence-electron chi connectivity index (χ4n) is 4.23. The summed E-state index contributed by atoms with van der Waals surface area (Å²) in [6, 6.07) is 9.83. The van der Waals surface area contributed by atoms with Gasteiger partial charge in [0.1, 0.15) is 5.54 Å². The van der Waals surface area contributed by atoms with E-state index in [2.05, 4.69) is 4.98 Å². The summed E-state index contributed by atoms with van der Waals surface area (Å²) in [6.45, 7) is 3.41.